The van der Waals surface area contributed by atoms with Crippen molar-refractivity contribution in [1.29, 1.82) is 0 Å². The summed E-state index contributed by atoms with van der Waals surface area (Å²) >= 11 is 0. The molecule has 1 aliphatic carbocycles. The highest BCUT2D eigenvalue weighted by Crippen LogP contribution is 2.45. The third kappa shape index (κ3) is 1.52. The van der Waals surface area contributed by atoms with Gasteiger partial charge in [0.05, 0.1) is 7.11 Å². The predicted molar refractivity (Wildman–Crippen MR) is 67.1 cm³/mol. The summed E-state index contributed by atoms with van der Waals surface area (Å²) < 4.78 is 5.35. The Kier molecular flexibility index (Phi) is 2.94. The first-order valence-corrected chi connectivity index (χ1v) is 5.99. The van der Waals surface area contributed by atoms with Gasteiger partial charge in [-0.15, -0.1) is 0 Å². The Labute approximate surface area is 97.8 Å². The van der Waals surface area contributed by atoms with E-state index < -0.39 is 0 Å². The van der Waals surface area contributed by atoms with Crippen LogP contribution in [-0.2, 0) is 5.41 Å². The lowest BCUT2D eigenvalue weighted by Gasteiger charge is -2.43. The highest BCUT2D eigenvalue weighted by Gasteiger charge is 2.38. The zero-order valence-corrected chi connectivity index (χ0v) is 10.5. The first-order chi connectivity index (χ1) is 7.64. The molecule has 2 heteroatoms. The van der Waals surface area contributed by atoms with Crippen LogP contribution >= 0.6 is 0 Å². The summed E-state index contributed by atoms with van der Waals surface area (Å²) in [5.41, 5.74) is 10.2. The molecule has 1 aromatic rings. The third-order valence-electron chi connectivity index (χ3n) is 4.23. The molecule has 0 saturated heterocycles. The fourth-order valence-electron chi connectivity index (χ4n) is 2.78. The number of hydrogen-bond donors (Lipinski definition) is 1. The molecule has 2 N–H and O–H groups in total. The van der Waals surface area contributed by atoms with Gasteiger partial charge in [-0.25, -0.2) is 0 Å². The summed E-state index contributed by atoms with van der Waals surface area (Å²) in [6, 6.07) is 4.28. The second-order valence-corrected chi connectivity index (χ2v) is 4.90. The lowest BCUT2D eigenvalue weighted by Crippen LogP contribution is -2.42. The monoisotopic (exact) mass is 219 g/mol. The van der Waals surface area contributed by atoms with Crippen LogP contribution in [0.3, 0.4) is 0 Å². The molecule has 0 heterocycles. The van der Waals surface area contributed by atoms with E-state index in [1.54, 1.807) is 7.11 Å². The predicted octanol–water partition coefficient (Wildman–Crippen LogP) is 2.69. The molecule has 1 saturated carbocycles. The van der Waals surface area contributed by atoms with Gasteiger partial charge in [-0.1, -0.05) is 12.5 Å². The van der Waals surface area contributed by atoms with E-state index in [1.807, 2.05) is 0 Å². The van der Waals surface area contributed by atoms with E-state index in [-0.39, 0.29) is 5.41 Å². The molecule has 0 radical (unpaired) electrons. The number of rotatable bonds is 3. The van der Waals surface area contributed by atoms with Crippen LogP contribution in [0.5, 0.6) is 5.75 Å². The second kappa shape index (κ2) is 4.10. The highest BCUT2D eigenvalue weighted by atomic mass is 16.5. The molecule has 1 fully saturated rings. The average Bonchev–Trinajstić information content (AvgIpc) is 2.23. The zero-order valence-electron chi connectivity index (χ0n) is 10.5. The van der Waals surface area contributed by atoms with Gasteiger partial charge in [0.15, 0.2) is 0 Å². The van der Waals surface area contributed by atoms with Gasteiger partial charge in [-0.2, -0.15) is 0 Å². The van der Waals surface area contributed by atoms with Gasteiger partial charge in [-0.05, 0) is 49.4 Å². The Morgan fingerprint density at radius 3 is 2.38 bits per heavy atom. The highest BCUT2D eigenvalue weighted by molar-refractivity contribution is 5.47. The molecule has 2 nitrogen and oxygen atoms in total. The Bertz CT molecular complexity index is 388. The van der Waals surface area contributed by atoms with Crippen LogP contribution in [0.2, 0.25) is 0 Å². The normalized spacial score (nSPS) is 18.0. The van der Waals surface area contributed by atoms with E-state index in [0.29, 0.717) is 0 Å². The van der Waals surface area contributed by atoms with Gasteiger partial charge in [-0.3, -0.25) is 0 Å². The van der Waals surface area contributed by atoms with Gasteiger partial charge in [0.2, 0.25) is 0 Å². The molecular formula is C14H21NO. The van der Waals surface area contributed by atoms with E-state index in [4.69, 9.17) is 10.5 Å². The summed E-state index contributed by atoms with van der Waals surface area (Å²) in [6.07, 6.45) is 3.77. The molecule has 0 unspecified atom stereocenters. The lowest BCUT2D eigenvalue weighted by molar-refractivity contribution is 0.251. The second-order valence-electron chi connectivity index (χ2n) is 4.90. The maximum absolute atomic E-state index is 5.96. The maximum atomic E-state index is 5.96. The van der Waals surface area contributed by atoms with E-state index in [9.17, 15) is 0 Å². The molecule has 0 aromatic heterocycles. The Hall–Kier alpha value is -1.02. The molecule has 0 bridgehead atoms. The van der Waals surface area contributed by atoms with Crippen molar-refractivity contribution in [3.05, 3.63) is 28.8 Å². The fourth-order valence-corrected chi connectivity index (χ4v) is 2.78. The molecule has 0 atom stereocenters. The average molecular weight is 219 g/mol. The fraction of sp³-hybridized carbons (Fsp3) is 0.571. The first kappa shape index (κ1) is 11.5. The summed E-state index contributed by atoms with van der Waals surface area (Å²) in [6.45, 7) is 5.07. The van der Waals surface area contributed by atoms with Crippen LogP contribution in [0, 0.1) is 13.8 Å². The topological polar surface area (TPSA) is 35.2 Å². The number of hydrogen-bond acceptors (Lipinski definition) is 2. The largest absolute Gasteiger partial charge is 0.496 e. The van der Waals surface area contributed by atoms with Gasteiger partial charge in [0.25, 0.3) is 0 Å². The smallest absolute Gasteiger partial charge is 0.122 e. The molecule has 1 aliphatic rings. The number of methoxy groups -OCH3 is 1. The van der Waals surface area contributed by atoms with Crippen molar-refractivity contribution in [1.82, 2.24) is 0 Å². The minimum Gasteiger partial charge on any atom is -0.496 e. The number of ether oxygens (including phenoxy) is 1. The van der Waals surface area contributed by atoms with Crippen molar-refractivity contribution in [2.45, 2.75) is 38.5 Å². The number of benzene rings is 1. The molecule has 2 rings (SSSR count). The van der Waals surface area contributed by atoms with Gasteiger partial charge in [0, 0.05) is 12.0 Å². The number of nitrogens with two attached hydrogens (primary N) is 1. The van der Waals surface area contributed by atoms with Crippen molar-refractivity contribution in [3.8, 4) is 5.75 Å². The molecule has 88 valence electrons. The molecular weight excluding hydrogens is 198 g/mol. The van der Waals surface area contributed by atoms with E-state index in [0.717, 1.165) is 12.3 Å². The summed E-state index contributed by atoms with van der Waals surface area (Å²) in [7, 11) is 1.73. The summed E-state index contributed by atoms with van der Waals surface area (Å²) in [4.78, 5) is 0. The zero-order chi connectivity index (χ0) is 11.8. The minimum absolute atomic E-state index is 0.251. The standard InChI is InChI=1S/C14H21NO/c1-10-11(2)13(16-3)6-5-12(10)14(9-15)7-4-8-14/h5-6H,4,7-9,15H2,1-3H3. The molecule has 1 aromatic carbocycles. The molecule has 0 aliphatic heterocycles. The molecule has 16 heavy (non-hydrogen) atoms. The SMILES string of the molecule is COc1ccc(C2(CN)CCC2)c(C)c1C. The minimum atomic E-state index is 0.251. The van der Waals surface area contributed by atoms with Gasteiger partial charge >= 0.3 is 0 Å². The third-order valence-corrected chi connectivity index (χ3v) is 4.23. The van der Waals surface area contributed by atoms with Crippen LogP contribution in [0.1, 0.15) is 36.0 Å². The van der Waals surface area contributed by atoms with Crippen LogP contribution in [0.15, 0.2) is 12.1 Å². The van der Waals surface area contributed by atoms with E-state index >= 15 is 0 Å². The van der Waals surface area contributed by atoms with Gasteiger partial charge < -0.3 is 10.5 Å². The summed E-state index contributed by atoms with van der Waals surface area (Å²) in [5, 5.41) is 0. The van der Waals surface area contributed by atoms with Crippen LogP contribution in [0.4, 0.5) is 0 Å². The Morgan fingerprint density at radius 1 is 1.25 bits per heavy atom. The maximum Gasteiger partial charge on any atom is 0.122 e. The Balaban J connectivity index is 2.46. The molecule has 0 spiro atoms. The van der Waals surface area contributed by atoms with Crippen LogP contribution in [-0.4, -0.2) is 13.7 Å². The quantitative estimate of drug-likeness (QED) is 0.848. The van der Waals surface area contributed by atoms with Crippen LogP contribution in [0.25, 0.3) is 0 Å². The van der Waals surface area contributed by atoms with Gasteiger partial charge in [0.1, 0.15) is 5.75 Å². The van der Waals surface area contributed by atoms with Crippen molar-refractivity contribution in [3.63, 3.8) is 0 Å². The molecule has 0 amide bonds. The Morgan fingerprint density at radius 2 is 1.94 bits per heavy atom. The van der Waals surface area contributed by atoms with Crippen molar-refractivity contribution >= 4 is 0 Å². The van der Waals surface area contributed by atoms with E-state index in [1.165, 1.54) is 36.0 Å². The van der Waals surface area contributed by atoms with E-state index in [2.05, 4.69) is 26.0 Å². The lowest BCUT2D eigenvalue weighted by atomic mass is 9.63. The van der Waals surface area contributed by atoms with Crippen molar-refractivity contribution in [2.24, 2.45) is 5.73 Å². The van der Waals surface area contributed by atoms with Crippen molar-refractivity contribution in [2.75, 3.05) is 13.7 Å². The van der Waals surface area contributed by atoms with Crippen molar-refractivity contribution < 1.29 is 4.74 Å². The van der Waals surface area contributed by atoms with Crippen LogP contribution < -0.4 is 10.5 Å². The summed E-state index contributed by atoms with van der Waals surface area (Å²) in [5.74, 6) is 0.979. The first-order valence-electron chi connectivity index (χ1n) is 5.99.